The molecule has 2 aliphatic rings. The van der Waals surface area contributed by atoms with Crippen LogP contribution in [0.1, 0.15) is 55.6 Å². The Kier molecular flexibility index (Phi) is 8.33. The first-order valence-corrected chi connectivity index (χ1v) is 13.4. The Morgan fingerprint density at radius 1 is 1.00 bits per heavy atom. The van der Waals surface area contributed by atoms with Crippen LogP contribution in [0.25, 0.3) is 11.1 Å². The van der Waals surface area contributed by atoms with Gasteiger partial charge in [0.15, 0.2) is 0 Å². The first kappa shape index (κ1) is 25.1. The third-order valence-electron chi connectivity index (χ3n) is 6.95. The molecule has 35 heavy (non-hydrogen) atoms. The summed E-state index contributed by atoms with van der Waals surface area (Å²) in [6.45, 7) is 0.131. The van der Waals surface area contributed by atoms with E-state index in [2.05, 4.69) is 29.0 Å². The highest BCUT2D eigenvalue weighted by molar-refractivity contribution is 7.99. The van der Waals surface area contributed by atoms with Crippen molar-refractivity contribution in [1.29, 1.82) is 0 Å². The van der Waals surface area contributed by atoms with Gasteiger partial charge in [-0.25, -0.2) is 4.79 Å². The van der Waals surface area contributed by atoms with Crippen molar-refractivity contribution >= 4 is 29.7 Å². The number of fused-ring (bicyclic) bond motifs is 3. The largest absolute Gasteiger partial charge is 0.481 e. The van der Waals surface area contributed by atoms with Gasteiger partial charge in [0.05, 0.1) is 0 Å². The molecular weight excluding hydrogens is 464 g/mol. The maximum atomic E-state index is 12.9. The molecule has 0 radical (unpaired) electrons. The fraction of sp³-hybridized carbons (Fsp3) is 0.444. The van der Waals surface area contributed by atoms with Crippen molar-refractivity contribution < 1.29 is 24.2 Å². The van der Waals surface area contributed by atoms with Crippen LogP contribution in [-0.2, 0) is 14.3 Å². The molecule has 0 heterocycles. The number of rotatable bonds is 9. The standard InChI is InChI=1S/C27H32N2O5S/c1-35-18-12-10-17(11-13-18)28-26(32)24(14-15-25(30)31)29-27(33)34-16-23-21-8-4-2-6-19(21)20-7-3-5-9-22(20)23/h2-9,17-18,23-24H,10-16H2,1H3,(H,28,32)(H,29,33)(H,30,31). The van der Waals surface area contributed by atoms with E-state index in [0.717, 1.165) is 47.9 Å². The minimum absolute atomic E-state index is 0.00548. The lowest BCUT2D eigenvalue weighted by molar-refractivity contribution is -0.137. The first-order chi connectivity index (χ1) is 17.0. The van der Waals surface area contributed by atoms with Gasteiger partial charge in [0.25, 0.3) is 0 Å². The van der Waals surface area contributed by atoms with Crippen molar-refractivity contribution in [2.24, 2.45) is 0 Å². The number of thioether (sulfide) groups is 1. The number of carbonyl (C=O) groups excluding carboxylic acids is 2. The third kappa shape index (κ3) is 6.17. The average Bonchev–Trinajstić information content (AvgIpc) is 3.19. The summed E-state index contributed by atoms with van der Waals surface area (Å²) in [4.78, 5) is 36.7. The summed E-state index contributed by atoms with van der Waals surface area (Å²) in [6, 6.07) is 15.2. The second-order valence-corrected chi connectivity index (χ2v) is 10.3. The molecule has 7 nitrogen and oxygen atoms in total. The van der Waals surface area contributed by atoms with Crippen LogP contribution in [0.15, 0.2) is 48.5 Å². The number of alkyl carbamates (subject to hydrolysis) is 1. The molecule has 1 saturated carbocycles. The van der Waals surface area contributed by atoms with Crippen molar-refractivity contribution in [1.82, 2.24) is 10.6 Å². The molecule has 8 heteroatoms. The number of ether oxygens (including phenoxy) is 1. The second-order valence-electron chi connectivity index (χ2n) is 9.17. The molecule has 2 aromatic rings. The van der Waals surface area contributed by atoms with Crippen LogP contribution in [-0.4, -0.2) is 53.3 Å². The Morgan fingerprint density at radius 3 is 2.17 bits per heavy atom. The summed E-state index contributed by atoms with van der Waals surface area (Å²) in [7, 11) is 0. The number of amides is 2. The van der Waals surface area contributed by atoms with Crippen LogP contribution < -0.4 is 10.6 Å². The van der Waals surface area contributed by atoms with Gasteiger partial charge in [0, 0.05) is 23.6 Å². The van der Waals surface area contributed by atoms with E-state index in [0.29, 0.717) is 5.25 Å². The predicted molar refractivity (Wildman–Crippen MR) is 137 cm³/mol. The number of nitrogens with one attached hydrogen (secondary N) is 2. The number of hydrogen-bond acceptors (Lipinski definition) is 5. The Bertz CT molecular complexity index is 1020. The molecule has 0 aliphatic heterocycles. The van der Waals surface area contributed by atoms with Crippen molar-refractivity contribution in [3.63, 3.8) is 0 Å². The fourth-order valence-corrected chi connectivity index (χ4v) is 5.81. The number of carbonyl (C=O) groups is 3. The third-order valence-corrected chi connectivity index (χ3v) is 8.09. The normalized spacial score (nSPS) is 19.8. The monoisotopic (exact) mass is 496 g/mol. The lowest BCUT2D eigenvalue weighted by atomic mass is 9.94. The van der Waals surface area contributed by atoms with Crippen LogP contribution in [0.3, 0.4) is 0 Å². The first-order valence-electron chi connectivity index (χ1n) is 12.1. The van der Waals surface area contributed by atoms with Crippen molar-refractivity contribution in [3.8, 4) is 11.1 Å². The molecule has 2 aromatic carbocycles. The van der Waals surface area contributed by atoms with E-state index in [4.69, 9.17) is 9.84 Å². The topological polar surface area (TPSA) is 105 Å². The summed E-state index contributed by atoms with van der Waals surface area (Å²) in [5.74, 6) is -1.46. The van der Waals surface area contributed by atoms with Crippen LogP contribution in [0.5, 0.6) is 0 Å². The molecular formula is C27H32N2O5S. The average molecular weight is 497 g/mol. The SMILES string of the molecule is CSC1CCC(NC(=O)C(CCC(=O)O)NC(=O)OCC2c3ccccc3-c3ccccc32)CC1. The zero-order valence-corrected chi connectivity index (χ0v) is 20.7. The zero-order valence-electron chi connectivity index (χ0n) is 19.9. The summed E-state index contributed by atoms with van der Waals surface area (Å²) in [5.41, 5.74) is 4.46. The molecule has 1 atom stereocenters. The maximum Gasteiger partial charge on any atom is 0.407 e. The molecule has 0 saturated heterocycles. The van der Waals surface area contributed by atoms with Gasteiger partial charge in [-0.3, -0.25) is 9.59 Å². The van der Waals surface area contributed by atoms with Gasteiger partial charge in [-0.1, -0.05) is 48.5 Å². The summed E-state index contributed by atoms with van der Waals surface area (Å²) in [6.07, 6.45) is 5.00. The molecule has 2 amide bonds. The van der Waals surface area contributed by atoms with Gasteiger partial charge >= 0.3 is 12.1 Å². The number of carboxylic acids is 1. The summed E-state index contributed by atoms with van der Waals surface area (Å²) >= 11 is 1.85. The molecule has 0 spiro atoms. The van der Waals surface area contributed by atoms with Crippen molar-refractivity contribution in [2.75, 3.05) is 12.9 Å². The number of carboxylic acid groups (broad SMARTS) is 1. The molecule has 2 aliphatic carbocycles. The van der Waals surface area contributed by atoms with E-state index in [9.17, 15) is 14.4 Å². The van der Waals surface area contributed by atoms with E-state index < -0.39 is 18.1 Å². The van der Waals surface area contributed by atoms with E-state index in [1.165, 1.54) is 0 Å². The van der Waals surface area contributed by atoms with Crippen LogP contribution >= 0.6 is 11.8 Å². The Hall–Kier alpha value is -3.00. The highest BCUT2D eigenvalue weighted by atomic mass is 32.2. The van der Waals surface area contributed by atoms with Gasteiger partial charge in [-0.2, -0.15) is 11.8 Å². The second kappa shape index (κ2) is 11.6. The molecule has 1 fully saturated rings. The highest BCUT2D eigenvalue weighted by Gasteiger charge is 2.30. The predicted octanol–water partition coefficient (Wildman–Crippen LogP) is 4.55. The summed E-state index contributed by atoms with van der Waals surface area (Å²) < 4.78 is 5.57. The van der Waals surface area contributed by atoms with Gasteiger partial charge < -0.3 is 20.5 Å². The molecule has 0 aromatic heterocycles. The van der Waals surface area contributed by atoms with E-state index >= 15 is 0 Å². The lowest BCUT2D eigenvalue weighted by Crippen LogP contribution is -2.50. The Labute approximate surface area is 210 Å². The van der Waals surface area contributed by atoms with Crippen LogP contribution in [0, 0.1) is 0 Å². The quantitative estimate of drug-likeness (QED) is 0.471. The fourth-order valence-electron chi connectivity index (χ4n) is 5.06. The number of benzene rings is 2. The van der Waals surface area contributed by atoms with Crippen molar-refractivity contribution in [3.05, 3.63) is 59.7 Å². The van der Waals surface area contributed by atoms with Gasteiger partial charge in [0.2, 0.25) is 5.91 Å². The Balaban J connectivity index is 1.36. The van der Waals surface area contributed by atoms with E-state index in [1.807, 2.05) is 48.2 Å². The molecule has 0 bridgehead atoms. The molecule has 3 N–H and O–H groups in total. The van der Waals surface area contributed by atoms with E-state index in [-0.39, 0.29) is 37.3 Å². The molecule has 4 rings (SSSR count). The van der Waals surface area contributed by atoms with Crippen LogP contribution in [0.2, 0.25) is 0 Å². The summed E-state index contributed by atoms with van der Waals surface area (Å²) in [5, 5.41) is 15.3. The van der Waals surface area contributed by atoms with Crippen LogP contribution in [0.4, 0.5) is 4.79 Å². The highest BCUT2D eigenvalue weighted by Crippen LogP contribution is 2.44. The van der Waals surface area contributed by atoms with E-state index in [1.54, 1.807) is 0 Å². The van der Waals surface area contributed by atoms with Gasteiger partial charge in [-0.15, -0.1) is 0 Å². The number of aliphatic carboxylic acids is 1. The Morgan fingerprint density at radius 2 is 1.60 bits per heavy atom. The number of hydrogen-bond donors (Lipinski definition) is 3. The minimum atomic E-state index is -1.02. The maximum absolute atomic E-state index is 12.9. The minimum Gasteiger partial charge on any atom is -0.481 e. The zero-order chi connectivity index (χ0) is 24.8. The van der Waals surface area contributed by atoms with Crippen molar-refractivity contribution in [2.45, 2.75) is 61.8 Å². The molecule has 1 unspecified atom stereocenters. The lowest BCUT2D eigenvalue weighted by Gasteiger charge is -2.29. The van der Waals surface area contributed by atoms with Gasteiger partial charge in [0.1, 0.15) is 12.6 Å². The molecule has 186 valence electrons. The smallest absolute Gasteiger partial charge is 0.407 e. The van der Waals surface area contributed by atoms with Gasteiger partial charge in [-0.05, 0) is 60.6 Å².